The summed E-state index contributed by atoms with van der Waals surface area (Å²) >= 11 is 0. The predicted octanol–water partition coefficient (Wildman–Crippen LogP) is 2.86. The van der Waals surface area contributed by atoms with E-state index in [2.05, 4.69) is 15.8 Å². The summed E-state index contributed by atoms with van der Waals surface area (Å²) in [7, 11) is -1.90. The number of aromatic amines is 1. The Labute approximate surface area is 152 Å². The van der Waals surface area contributed by atoms with E-state index in [0.717, 1.165) is 27.8 Å². The largest absolute Gasteiger partial charge is 0.497 e. The first-order chi connectivity index (χ1) is 12.5. The lowest BCUT2D eigenvalue weighted by atomic mass is 10.1. The molecule has 0 aliphatic rings. The van der Waals surface area contributed by atoms with Gasteiger partial charge >= 0.3 is 0 Å². The number of nitrogens with zero attached hydrogens (tertiary/aromatic N) is 1. The molecule has 2 N–H and O–H groups in total. The number of hydrogen-bond donors (Lipinski definition) is 2. The monoisotopic (exact) mass is 369 g/mol. The number of rotatable bonds is 7. The van der Waals surface area contributed by atoms with Gasteiger partial charge in [0.2, 0.25) is 10.0 Å². The predicted molar refractivity (Wildman–Crippen MR) is 100 cm³/mol. The van der Waals surface area contributed by atoms with Gasteiger partial charge in [-0.1, -0.05) is 18.2 Å². The van der Waals surface area contributed by atoms with Crippen LogP contribution in [-0.2, 0) is 28.7 Å². The average molecular weight is 369 g/mol. The molecule has 6 nitrogen and oxygen atoms in total. The quantitative estimate of drug-likeness (QED) is 0.669. The maximum atomic E-state index is 12.4. The van der Waals surface area contributed by atoms with Crippen molar-refractivity contribution in [1.82, 2.24) is 9.71 Å². The van der Waals surface area contributed by atoms with E-state index in [-0.39, 0.29) is 18.7 Å². The van der Waals surface area contributed by atoms with Crippen molar-refractivity contribution >= 4 is 20.9 Å². The van der Waals surface area contributed by atoms with Gasteiger partial charge < -0.3 is 9.72 Å². The Kier molecular flexibility index (Phi) is 5.26. The second kappa shape index (κ2) is 7.60. The molecule has 0 bridgehead atoms. The first-order valence-corrected chi connectivity index (χ1v) is 9.72. The summed E-state index contributed by atoms with van der Waals surface area (Å²) in [5.41, 5.74) is 3.29. The highest BCUT2D eigenvalue weighted by Gasteiger charge is 2.13. The van der Waals surface area contributed by atoms with Crippen LogP contribution in [0.5, 0.6) is 5.75 Å². The molecule has 0 spiro atoms. The van der Waals surface area contributed by atoms with Crippen LogP contribution in [0.15, 0.2) is 48.7 Å². The molecule has 3 aromatic rings. The zero-order valence-electron chi connectivity index (χ0n) is 14.3. The Morgan fingerprint density at radius 1 is 1.15 bits per heavy atom. The fourth-order valence-corrected chi connectivity index (χ4v) is 3.86. The van der Waals surface area contributed by atoms with E-state index in [1.165, 1.54) is 0 Å². The number of aromatic nitrogens is 1. The number of methoxy groups -OCH3 is 1. The highest BCUT2D eigenvalue weighted by atomic mass is 32.2. The van der Waals surface area contributed by atoms with Crippen LogP contribution in [0.4, 0.5) is 0 Å². The van der Waals surface area contributed by atoms with Crippen molar-refractivity contribution in [3.8, 4) is 11.8 Å². The molecule has 0 aliphatic heterocycles. The molecule has 1 heterocycles. The number of nitrogens with one attached hydrogen (secondary N) is 2. The number of H-pyrrole nitrogens is 1. The molecule has 2 aromatic carbocycles. The number of hydrogen-bond acceptors (Lipinski definition) is 4. The van der Waals surface area contributed by atoms with Crippen molar-refractivity contribution in [2.45, 2.75) is 18.7 Å². The van der Waals surface area contributed by atoms with Crippen molar-refractivity contribution in [2.24, 2.45) is 0 Å². The van der Waals surface area contributed by atoms with E-state index in [4.69, 9.17) is 10.00 Å². The summed E-state index contributed by atoms with van der Waals surface area (Å²) in [6.07, 6.45) is 2.07. The van der Waals surface area contributed by atoms with E-state index in [0.29, 0.717) is 5.56 Å². The molecule has 0 unspecified atom stereocenters. The molecule has 0 radical (unpaired) electrons. The van der Waals surface area contributed by atoms with Crippen molar-refractivity contribution < 1.29 is 13.2 Å². The smallest absolute Gasteiger partial charge is 0.216 e. The minimum Gasteiger partial charge on any atom is -0.497 e. The van der Waals surface area contributed by atoms with Crippen LogP contribution in [0.25, 0.3) is 10.9 Å². The molecule has 0 fully saturated rings. The zero-order valence-corrected chi connectivity index (χ0v) is 15.1. The van der Waals surface area contributed by atoms with Gasteiger partial charge in [0.05, 0.1) is 25.4 Å². The molecule has 1 aromatic heterocycles. The fourth-order valence-electron chi connectivity index (χ4n) is 2.75. The molecule has 7 heteroatoms. The van der Waals surface area contributed by atoms with Gasteiger partial charge in [-0.2, -0.15) is 5.26 Å². The highest BCUT2D eigenvalue weighted by Crippen LogP contribution is 2.21. The number of fused-ring (bicyclic) bond motifs is 1. The molecule has 0 aliphatic carbocycles. The summed E-state index contributed by atoms with van der Waals surface area (Å²) in [6, 6.07) is 14.8. The first kappa shape index (κ1) is 18.0. The van der Waals surface area contributed by atoms with Gasteiger partial charge in [-0.3, -0.25) is 0 Å². The normalized spacial score (nSPS) is 11.4. The minimum atomic E-state index is -3.48. The van der Waals surface area contributed by atoms with Crippen LogP contribution in [-0.4, -0.2) is 20.5 Å². The van der Waals surface area contributed by atoms with Crippen molar-refractivity contribution in [3.63, 3.8) is 0 Å². The Balaban J connectivity index is 1.71. The minimum absolute atomic E-state index is 0.115. The van der Waals surface area contributed by atoms with E-state index < -0.39 is 10.0 Å². The second-order valence-electron chi connectivity index (χ2n) is 5.96. The van der Waals surface area contributed by atoms with Gasteiger partial charge in [0.25, 0.3) is 0 Å². The number of ether oxygens (including phenoxy) is 1. The van der Waals surface area contributed by atoms with Gasteiger partial charge in [-0.25, -0.2) is 13.1 Å². The van der Waals surface area contributed by atoms with E-state index in [1.807, 2.05) is 24.3 Å². The lowest BCUT2D eigenvalue weighted by Crippen LogP contribution is -2.24. The van der Waals surface area contributed by atoms with Gasteiger partial charge in [-0.05, 0) is 41.0 Å². The van der Waals surface area contributed by atoms with Crippen LogP contribution in [0.3, 0.4) is 0 Å². The second-order valence-corrected chi connectivity index (χ2v) is 7.76. The Morgan fingerprint density at radius 3 is 2.58 bits per heavy atom. The Hall–Kier alpha value is -2.82. The summed E-state index contributed by atoms with van der Waals surface area (Å²) in [4.78, 5) is 3.09. The molecule has 0 saturated heterocycles. The lowest BCUT2D eigenvalue weighted by molar-refractivity contribution is 0.414. The van der Waals surface area contributed by atoms with Crippen molar-refractivity contribution in [2.75, 3.05) is 7.11 Å². The van der Waals surface area contributed by atoms with Crippen LogP contribution >= 0.6 is 0 Å². The fraction of sp³-hybridized carbons (Fsp3) is 0.211. The Bertz CT molecular complexity index is 1050. The third-order valence-electron chi connectivity index (χ3n) is 4.11. The third kappa shape index (κ3) is 4.23. The zero-order chi connectivity index (χ0) is 18.6. The van der Waals surface area contributed by atoms with Crippen LogP contribution in [0.2, 0.25) is 0 Å². The lowest BCUT2D eigenvalue weighted by Gasteiger charge is -2.08. The standard InChI is InChI=1S/C19H19N3O3S/c1-25-17-5-2-14(3-6-17)11-22-26(23,24)13-15-4-7-19-18(10-15)16(8-9-20)12-21-19/h2-7,10,12,21-22H,8,11,13H2,1H3. The Morgan fingerprint density at radius 2 is 1.88 bits per heavy atom. The molecule has 0 saturated carbocycles. The average Bonchev–Trinajstić information content (AvgIpc) is 3.03. The number of sulfonamides is 1. The van der Waals surface area contributed by atoms with Crippen molar-refractivity contribution in [1.29, 1.82) is 5.26 Å². The molecule has 0 amide bonds. The van der Waals surface area contributed by atoms with Gasteiger partial charge in [0.1, 0.15) is 5.75 Å². The maximum Gasteiger partial charge on any atom is 0.216 e. The summed E-state index contributed by atoms with van der Waals surface area (Å²) < 4.78 is 32.5. The summed E-state index contributed by atoms with van der Waals surface area (Å²) in [5, 5.41) is 9.77. The third-order valence-corrected chi connectivity index (χ3v) is 5.41. The summed E-state index contributed by atoms with van der Waals surface area (Å²) in [6.45, 7) is 0.221. The van der Waals surface area contributed by atoms with Gasteiger partial charge in [0.15, 0.2) is 0 Å². The van der Waals surface area contributed by atoms with Gasteiger partial charge in [0, 0.05) is 23.6 Å². The molecule has 0 atom stereocenters. The SMILES string of the molecule is COc1ccc(CNS(=O)(=O)Cc2ccc3[nH]cc(CC#N)c3c2)cc1. The highest BCUT2D eigenvalue weighted by molar-refractivity contribution is 7.88. The molecule has 26 heavy (non-hydrogen) atoms. The van der Waals surface area contributed by atoms with Crippen LogP contribution < -0.4 is 9.46 Å². The van der Waals surface area contributed by atoms with E-state index >= 15 is 0 Å². The maximum absolute atomic E-state index is 12.4. The first-order valence-electron chi connectivity index (χ1n) is 8.07. The van der Waals surface area contributed by atoms with Crippen LogP contribution in [0, 0.1) is 11.3 Å². The molecule has 3 rings (SSSR count). The summed E-state index contributed by atoms with van der Waals surface area (Å²) in [5.74, 6) is 0.612. The molecular formula is C19H19N3O3S. The van der Waals surface area contributed by atoms with E-state index in [1.54, 1.807) is 31.5 Å². The van der Waals surface area contributed by atoms with Crippen molar-refractivity contribution in [3.05, 3.63) is 65.4 Å². The van der Waals surface area contributed by atoms with Crippen LogP contribution in [0.1, 0.15) is 16.7 Å². The van der Waals surface area contributed by atoms with Gasteiger partial charge in [-0.15, -0.1) is 0 Å². The molecular weight excluding hydrogens is 350 g/mol. The van der Waals surface area contributed by atoms with E-state index in [9.17, 15) is 8.42 Å². The molecule has 134 valence electrons. The number of nitriles is 1. The topological polar surface area (TPSA) is 95.0 Å². The number of benzene rings is 2.